The highest BCUT2D eigenvalue weighted by Crippen LogP contribution is 2.29. The molecule has 1 aliphatic heterocycles. The van der Waals surface area contributed by atoms with E-state index in [2.05, 4.69) is 22.1 Å². The van der Waals surface area contributed by atoms with Crippen LogP contribution in [0.1, 0.15) is 42.1 Å². The van der Waals surface area contributed by atoms with Crippen LogP contribution in [0, 0.1) is 12.7 Å². The smallest absolute Gasteiger partial charge is 0.261 e. The molecule has 0 radical (unpaired) electrons. The molecule has 6 heteroatoms. The van der Waals surface area contributed by atoms with Crippen LogP contribution >= 0.6 is 0 Å². The number of benzene rings is 2. The van der Waals surface area contributed by atoms with Gasteiger partial charge in [0.2, 0.25) is 0 Å². The number of aryl methyl sites for hydroxylation is 1. The zero-order valence-corrected chi connectivity index (χ0v) is 17.2. The van der Waals surface area contributed by atoms with E-state index in [0.717, 1.165) is 30.5 Å². The van der Waals surface area contributed by atoms with Crippen LogP contribution in [0.15, 0.2) is 54.7 Å². The van der Waals surface area contributed by atoms with Crippen molar-refractivity contribution in [3.8, 4) is 11.4 Å². The number of aromatic nitrogens is 2. The number of nitrogens with one attached hydrogen (secondary N) is 1. The molecule has 0 spiro atoms. The van der Waals surface area contributed by atoms with Crippen molar-refractivity contribution < 1.29 is 9.18 Å². The predicted octanol–water partition coefficient (Wildman–Crippen LogP) is 5.22. The Morgan fingerprint density at radius 1 is 1.17 bits per heavy atom. The van der Waals surface area contributed by atoms with Crippen molar-refractivity contribution in [2.45, 2.75) is 39.2 Å². The number of amides is 1. The van der Waals surface area contributed by atoms with Crippen molar-refractivity contribution in [1.29, 1.82) is 0 Å². The van der Waals surface area contributed by atoms with Crippen LogP contribution in [0.5, 0.6) is 0 Å². The number of piperidine rings is 1. The van der Waals surface area contributed by atoms with Gasteiger partial charge in [0, 0.05) is 30.0 Å². The molecule has 1 N–H and O–H groups in total. The van der Waals surface area contributed by atoms with Crippen molar-refractivity contribution in [1.82, 2.24) is 9.97 Å². The zero-order chi connectivity index (χ0) is 21.1. The van der Waals surface area contributed by atoms with Gasteiger partial charge in [-0.15, -0.1) is 0 Å². The van der Waals surface area contributed by atoms with Crippen LogP contribution < -0.4 is 10.2 Å². The van der Waals surface area contributed by atoms with E-state index in [4.69, 9.17) is 4.98 Å². The van der Waals surface area contributed by atoms with Crippen LogP contribution in [0.3, 0.4) is 0 Å². The van der Waals surface area contributed by atoms with E-state index < -0.39 is 0 Å². The van der Waals surface area contributed by atoms with E-state index in [1.807, 2.05) is 31.2 Å². The van der Waals surface area contributed by atoms with Crippen molar-refractivity contribution in [3.05, 3.63) is 71.7 Å². The molecule has 2 aromatic carbocycles. The Morgan fingerprint density at radius 3 is 2.70 bits per heavy atom. The SMILES string of the molecule is Cc1cccc(-c2ncc(C(=O)Nc3ccc(F)cc3)c(N3CCCCC3C)n2)c1. The second-order valence-corrected chi connectivity index (χ2v) is 7.80. The first-order chi connectivity index (χ1) is 14.5. The minimum atomic E-state index is -0.346. The molecule has 1 aromatic heterocycles. The lowest BCUT2D eigenvalue weighted by Crippen LogP contribution is -2.39. The number of carbonyl (C=O) groups is 1. The fourth-order valence-electron chi connectivity index (χ4n) is 3.82. The Kier molecular flexibility index (Phi) is 5.74. The van der Waals surface area contributed by atoms with Gasteiger partial charge in [-0.05, 0) is 63.4 Å². The second-order valence-electron chi connectivity index (χ2n) is 7.80. The molecule has 1 unspecified atom stereocenters. The Balaban J connectivity index is 1.72. The second kappa shape index (κ2) is 8.61. The van der Waals surface area contributed by atoms with Crippen LogP contribution in [0.25, 0.3) is 11.4 Å². The molecule has 1 amide bonds. The average molecular weight is 404 g/mol. The van der Waals surface area contributed by atoms with Crippen LogP contribution in [0.4, 0.5) is 15.9 Å². The van der Waals surface area contributed by atoms with Gasteiger partial charge in [-0.2, -0.15) is 0 Å². The Labute approximate surface area is 176 Å². The van der Waals surface area contributed by atoms with Crippen molar-refractivity contribution >= 4 is 17.4 Å². The topological polar surface area (TPSA) is 58.1 Å². The maximum Gasteiger partial charge on any atom is 0.261 e. The van der Waals surface area contributed by atoms with Crippen molar-refractivity contribution in [3.63, 3.8) is 0 Å². The maximum atomic E-state index is 13.2. The summed E-state index contributed by atoms with van der Waals surface area (Å²) in [4.78, 5) is 24.6. The third-order valence-corrected chi connectivity index (χ3v) is 5.47. The molecule has 0 aliphatic carbocycles. The van der Waals surface area contributed by atoms with E-state index >= 15 is 0 Å². The molecule has 154 valence electrons. The molecule has 1 saturated heterocycles. The van der Waals surface area contributed by atoms with Gasteiger partial charge in [0.15, 0.2) is 5.82 Å². The summed E-state index contributed by atoms with van der Waals surface area (Å²) >= 11 is 0. The highest BCUT2D eigenvalue weighted by atomic mass is 19.1. The predicted molar refractivity (Wildman–Crippen MR) is 117 cm³/mol. The van der Waals surface area contributed by atoms with Gasteiger partial charge < -0.3 is 10.2 Å². The quantitative estimate of drug-likeness (QED) is 0.648. The van der Waals surface area contributed by atoms with Gasteiger partial charge in [0.05, 0.1) is 0 Å². The number of hydrogen-bond donors (Lipinski definition) is 1. The highest BCUT2D eigenvalue weighted by Gasteiger charge is 2.26. The molecule has 2 heterocycles. The van der Waals surface area contributed by atoms with Gasteiger partial charge in [0.25, 0.3) is 5.91 Å². The lowest BCUT2D eigenvalue weighted by Gasteiger charge is -2.35. The summed E-state index contributed by atoms with van der Waals surface area (Å²) in [5.41, 5.74) is 3.00. The average Bonchev–Trinajstić information content (AvgIpc) is 2.75. The number of anilines is 2. The van der Waals surface area contributed by atoms with Crippen LogP contribution in [-0.4, -0.2) is 28.5 Å². The van der Waals surface area contributed by atoms with E-state index in [1.165, 1.54) is 18.6 Å². The summed E-state index contributed by atoms with van der Waals surface area (Å²) in [7, 11) is 0. The molecule has 30 heavy (non-hydrogen) atoms. The first-order valence-electron chi connectivity index (χ1n) is 10.3. The molecule has 5 nitrogen and oxygen atoms in total. The fourth-order valence-corrected chi connectivity index (χ4v) is 3.82. The van der Waals surface area contributed by atoms with E-state index in [1.54, 1.807) is 18.3 Å². The zero-order valence-electron chi connectivity index (χ0n) is 17.2. The van der Waals surface area contributed by atoms with Crippen LogP contribution in [0.2, 0.25) is 0 Å². The molecular formula is C24H25FN4O. The molecule has 0 saturated carbocycles. The van der Waals surface area contributed by atoms with Crippen molar-refractivity contribution in [2.75, 3.05) is 16.8 Å². The van der Waals surface area contributed by atoms with Gasteiger partial charge in [0.1, 0.15) is 17.2 Å². The number of nitrogens with zero attached hydrogens (tertiary/aromatic N) is 3. The molecule has 1 fully saturated rings. The van der Waals surface area contributed by atoms with Gasteiger partial charge >= 0.3 is 0 Å². The van der Waals surface area contributed by atoms with E-state index in [0.29, 0.717) is 22.9 Å². The Hall–Kier alpha value is -3.28. The number of halogens is 1. The van der Waals surface area contributed by atoms with Gasteiger partial charge in [-0.3, -0.25) is 4.79 Å². The molecule has 0 bridgehead atoms. The largest absolute Gasteiger partial charge is 0.353 e. The molecular weight excluding hydrogens is 379 g/mol. The minimum Gasteiger partial charge on any atom is -0.353 e. The van der Waals surface area contributed by atoms with Crippen molar-refractivity contribution in [2.24, 2.45) is 0 Å². The minimum absolute atomic E-state index is 0.288. The Bertz CT molecular complexity index is 1050. The first kappa shape index (κ1) is 20.0. The number of carbonyl (C=O) groups excluding carboxylic acids is 1. The summed E-state index contributed by atoms with van der Waals surface area (Å²) in [5.74, 6) is 0.602. The highest BCUT2D eigenvalue weighted by molar-refractivity contribution is 6.07. The van der Waals surface area contributed by atoms with Crippen LogP contribution in [-0.2, 0) is 0 Å². The Morgan fingerprint density at radius 2 is 1.97 bits per heavy atom. The van der Waals surface area contributed by atoms with Gasteiger partial charge in [-0.1, -0.05) is 23.8 Å². The summed E-state index contributed by atoms with van der Waals surface area (Å²) in [5, 5.41) is 2.84. The normalized spacial score (nSPS) is 16.4. The number of rotatable bonds is 4. The third kappa shape index (κ3) is 4.32. The molecule has 1 aliphatic rings. The molecule has 1 atom stereocenters. The fraction of sp³-hybridized carbons (Fsp3) is 0.292. The number of hydrogen-bond acceptors (Lipinski definition) is 4. The van der Waals surface area contributed by atoms with Gasteiger partial charge in [-0.25, -0.2) is 14.4 Å². The summed E-state index contributed by atoms with van der Waals surface area (Å²) < 4.78 is 13.2. The lowest BCUT2D eigenvalue weighted by atomic mass is 10.0. The van der Waals surface area contributed by atoms with E-state index in [9.17, 15) is 9.18 Å². The lowest BCUT2D eigenvalue weighted by molar-refractivity contribution is 0.102. The summed E-state index contributed by atoms with van der Waals surface area (Å²) in [6, 6.07) is 14.0. The molecule has 3 aromatic rings. The first-order valence-corrected chi connectivity index (χ1v) is 10.3. The standard InChI is InChI=1S/C24H25FN4O/c1-16-6-5-8-18(14-16)22-26-15-21(23(28-22)29-13-4-3-7-17(29)2)24(30)27-20-11-9-19(25)10-12-20/h5-6,8-12,14-15,17H,3-4,7,13H2,1-2H3,(H,27,30). The monoisotopic (exact) mass is 404 g/mol. The van der Waals surface area contributed by atoms with E-state index in [-0.39, 0.29) is 17.8 Å². The summed E-state index contributed by atoms with van der Waals surface area (Å²) in [6.45, 7) is 5.04. The maximum absolute atomic E-state index is 13.2. The third-order valence-electron chi connectivity index (χ3n) is 5.47. The summed E-state index contributed by atoms with van der Waals surface area (Å²) in [6.07, 6.45) is 4.89. The molecule has 4 rings (SSSR count).